The molecule has 0 aromatic rings. The number of carboxylic acid groups (broad SMARTS) is 2. The molecule has 0 fully saturated rings. The molecule has 0 aliphatic carbocycles. The number of rotatable bonds is 16. The second kappa shape index (κ2) is 22.9. The molecule has 216 valence electrons. The third-order valence-corrected chi connectivity index (χ3v) is 5.40. The Balaban J connectivity index is -0.000000534. The number of Topliss-reactive ketones (excluding diaryl/α,β-unsaturated/α-hetero) is 2. The molecule has 2 unspecified atom stereocenters. The van der Waals surface area contributed by atoms with Crippen LogP contribution in [0.3, 0.4) is 0 Å². The van der Waals surface area contributed by atoms with Crippen LogP contribution in [0.1, 0.15) is 121 Å². The number of hydrogen-bond acceptors (Lipinski definition) is 8. The molecular weight excluding hydrogens is 512 g/mol. The van der Waals surface area contributed by atoms with E-state index in [4.69, 9.17) is 6.64 Å². The first-order valence-corrected chi connectivity index (χ1v) is 14.5. The summed E-state index contributed by atoms with van der Waals surface area (Å²) in [7, 11) is 0. The molecule has 9 heteroatoms. The molecule has 0 aliphatic rings. The Hall–Kier alpha value is -1.09. The van der Waals surface area contributed by atoms with Gasteiger partial charge < -0.3 is 19.8 Å². The monoisotopic (exact) mass is 564 g/mol. The third kappa shape index (κ3) is 39.6. The van der Waals surface area contributed by atoms with E-state index in [1.165, 1.54) is 12.8 Å². The number of ketones is 2. The average molecular weight is 565 g/mol. The summed E-state index contributed by atoms with van der Waals surface area (Å²) in [5.74, 6) is -1.82. The van der Waals surface area contributed by atoms with Crippen molar-refractivity contribution in [3.8, 4) is 0 Å². The molecule has 8 nitrogen and oxygen atoms in total. The van der Waals surface area contributed by atoms with Gasteiger partial charge >= 0.3 is 131 Å². The van der Waals surface area contributed by atoms with Gasteiger partial charge in [-0.05, 0) is 12.8 Å². The van der Waals surface area contributed by atoms with Gasteiger partial charge in [0.1, 0.15) is 11.6 Å². The van der Waals surface area contributed by atoms with E-state index >= 15 is 0 Å². The quantitative estimate of drug-likeness (QED) is 0.156. The van der Waals surface area contributed by atoms with Crippen LogP contribution in [0.15, 0.2) is 0 Å². The van der Waals surface area contributed by atoms with Gasteiger partial charge in [0.05, 0.1) is 0 Å². The summed E-state index contributed by atoms with van der Waals surface area (Å²) in [6.07, 6.45) is 3.63. The van der Waals surface area contributed by atoms with E-state index in [1.54, 1.807) is 0 Å². The van der Waals surface area contributed by atoms with Crippen LogP contribution in [-0.4, -0.2) is 36.7 Å². The van der Waals surface area contributed by atoms with Crippen LogP contribution < -0.4 is 10.2 Å². The molecule has 0 spiro atoms. The SMILES string of the molecule is CC(C[O][Ti+2][O]CC(C)CC(C)(C)C)CC(C)(C)C.CCCC(=O)CC(=O)[O-].CCCC(=O)CC(=O)[O-]. The predicted molar refractivity (Wildman–Crippen MR) is 137 cm³/mol. The van der Waals surface area contributed by atoms with Crippen LogP contribution >= 0.6 is 0 Å². The van der Waals surface area contributed by atoms with Crippen molar-refractivity contribution in [2.75, 3.05) is 13.2 Å². The molecule has 0 heterocycles. The maximum Gasteiger partial charge on any atom is 0.138 e. The molecular formula is C28H52O8Ti. The van der Waals surface area contributed by atoms with E-state index in [9.17, 15) is 29.4 Å². The molecule has 0 saturated heterocycles. The summed E-state index contributed by atoms with van der Waals surface area (Å²) in [5, 5.41) is 19.5. The molecule has 0 aliphatic heterocycles. The second-order valence-electron chi connectivity index (χ2n) is 12.1. The van der Waals surface area contributed by atoms with Gasteiger partial charge in [0.15, 0.2) is 0 Å². The predicted octanol–water partition coefficient (Wildman–Crippen LogP) is 4.07. The second-order valence-corrected chi connectivity index (χ2v) is 13.3. The Morgan fingerprint density at radius 3 is 1.19 bits per heavy atom. The normalized spacial score (nSPS) is 12.6. The molecule has 0 rings (SSSR count). The van der Waals surface area contributed by atoms with E-state index in [2.05, 4.69) is 55.4 Å². The first-order chi connectivity index (χ1) is 16.8. The van der Waals surface area contributed by atoms with Gasteiger partial charge in [0.25, 0.3) is 0 Å². The maximum atomic E-state index is 10.4. The van der Waals surface area contributed by atoms with Crippen molar-refractivity contribution in [1.82, 2.24) is 0 Å². The fourth-order valence-electron chi connectivity index (χ4n) is 3.66. The minimum absolute atomic E-state index is 0.252. The minimum Gasteiger partial charge on any atom is -0.550 e. The van der Waals surface area contributed by atoms with Gasteiger partial charge in [-0.1, -0.05) is 13.8 Å². The van der Waals surface area contributed by atoms with Crippen LogP contribution in [0, 0.1) is 22.7 Å². The van der Waals surface area contributed by atoms with Gasteiger partial charge in [0.2, 0.25) is 0 Å². The Kier molecular flexibility index (Phi) is 25.0. The van der Waals surface area contributed by atoms with Crippen molar-refractivity contribution in [2.24, 2.45) is 22.7 Å². The zero-order valence-electron chi connectivity index (χ0n) is 25.0. The Labute approximate surface area is 235 Å². The van der Waals surface area contributed by atoms with Crippen molar-refractivity contribution in [1.29, 1.82) is 0 Å². The molecule has 0 aromatic heterocycles. The van der Waals surface area contributed by atoms with Crippen molar-refractivity contribution in [3.63, 3.8) is 0 Å². The standard InChI is InChI=1S/2C8H17O.2C6H10O3.Ti/c2*1-7(6-9)5-8(2,3)4;2*1-2-3-5(7)4-6(8)9;/h2*7H,5-6H2,1-4H3;2*2-4H2,1H3,(H,8,9);/q2*-1;;;+4/p-2. The molecule has 0 saturated carbocycles. The van der Waals surface area contributed by atoms with Crippen LogP contribution in [-0.2, 0) is 45.7 Å². The molecule has 0 radical (unpaired) electrons. The summed E-state index contributed by atoms with van der Waals surface area (Å²) in [4.78, 5) is 40.4. The number of carbonyl (C=O) groups is 4. The van der Waals surface area contributed by atoms with Crippen molar-refractivity contribution >= 4 is 23.5 Å². The van der Waals surface area contributed by atoms with Gasteiger partial charge in [0, 0.05) is 37.6 Å². The van der Waals surface area contributed by atoms with Crippen molar-refractivity contribution in [2.45, 2.75) is 121 Å². The van der Waals surface area contributed by atoms with E-state index in [1.807, 2.05) is 13.8 Å². The molecule has 2 atom stereocenters. The van der Waals surface area contributed by atoms with Crippen LogP contribution in [0.5, 0.6) is 0 Å². The Morgan fingerprint density at radius 2 is 0.973 bits per heavy atom. The summed E-state index contributed by atoms with van der Waals surface area (Å²) in [6.45, 7) is 23.6. The van der Waals surface area contributed by atoms with E-state index in [0.717, 1.165) is 13.2 Å². The summed E-state index contributed by atoms with van der Waals surface area (Å²) < 4.78 is 11.4. The molecule has 0 bridgehead atoms. The van der Waals surface area contributed by atoms with E-state index in [-0.39, 0.29) is 11.6 Å². The topological polar surface area (TPSA) is 133 Å². The summed E-state index contributed by atoms with van der Waals surface area (Å²) in [5.41, 5.74) is 0.787. The zero-order valence-corrected chi connectivity index (χ0v) is 26.6. The van der Waals surface area contributed by atoms with Crippen molar-refractivity contribution in [3.05, 3.63) is 0 Å². The largest absolute Gasteiger partial charge is 0.550 e. The van der Waals surface area contributed by atoms with Gasteiger partial charge in [-0.3, -0.25) is 9.59 Å². The van der Waals surface area contributed by atoms with Crippen LogP contribution in [0.25, 0.3) is 0 Å². The molecule has 37 heavy (non-hydrogen) atoms. The number of carbonyl (C=O) groups excluding carboxylic acids is 4. The van der Waals surface area contributed by atoms with Crippen LogP contribution in [0.2, 0.25) is 0 Å². The number of carboxylic acids is 2. The Morgan fingerprint density at radius 1 is 0.676 bits per heavy atom. The number of aliphatic carboxylic acids is 2. The van der Waals surface area contributed by atoms with Gasteiger partial charge in [-0.15, -0.1) is 0 Å². The number of hydrogen-bond donors (Lipinski definition) is 0. The van der Waals surface area contributed by atoms with Gasteiger partial charge in [-0.2, -0.15) is 0 Å². The van der Waals surface area contributed by atoms with Crippen molar-refractivity contribution < 1.29 is 56.0 Å². The maximum absolute atomic E-state index is 10.4. The van der Waals surface area contributed by atoms with Crippen LogP contribution in [0.4, 0.5) is 0 Å². The summed E-state index contributed by atoms with van der Waals surface area (Å²) >= 11 is -0.659. The fourth-order valence-corrected chi connectivity index (χ4v) is 4.89. The molecule has 0 aromatic carbocycles. The average Bonchev–Trinajstić information content (AvgIpc) is 2.65. The zero-order chi connectivity index (χ0) is 29.7. The third-order valence-electron chi connectivity index (χ3n) is 4.52. The fraction of sp³-hybridized carbons (Fsp3) is 0.857. The molecule has 0 N–H and O–H groups in total. The van der Waals surface area contributed by atoms with Gasteiger partial charge in [-0.25, -0.2) is 0 Å². The Bertz CT molecular complexity index is 581. The smallest absolute Gasteiger partial charge is 0.138 e. The summed E-state index contributed by atoms with van der Waals surface area (Å²) in [6, 6.07) is 0. The first-order valence-electron chi connectivity index (χ1n) is 13.2. The first kappa shape index (κ1) is 40.4. The van der Waals surface area contributed by atoms with E-state index in [0.29, 0.717) is 48.3 Å². The molecule has 0 amide bonds. The van der Waals surface area contributed by atoms with E-state index < -0.39 is 44.7 Å². The minimum atomic E-state index is -1.28.